The van der Waals surface area contributed by atoms with Gasteiger partial charge in [0.05, 0.1) is 12.2 Å². The Kier molecular flexibility index (Phi) is 2.92. The normalized spacial score (nSPS) is 10.2. The Balaban J connectivity index is 1.99. The van der Waals surface area contributed by atoms with Crippen LogP contribution in [0.1, 0.15) is 12.6 Å². The van der Waals surface area contributed by atoms with E-state index in [9.17, 15) is 0 Å². The molecule has 0 amide bonds. The zero-order valence-corrected chi connectivity index (χ0v) is 8.59. The van der Waals surface area contributed by atoms with Gasteiger partial charge in [0.15, 0.2) is 0 Å². The van der Waals surface area contributed by atoms with Gasteiger partial charge in [-0.2, -0.15) is 0 Å². The van der Waals surface area contributed by atoms with Crippen molar-refractivity contribution in [1.29, 1.82) is 0 Å². The highest BCUT2D eigenvalue weighted by atomic mass is 15.2. The minimum Gasteiger partial charge on any atom is -0.350 e. The van der Waals surface area contributed by atoms with Gasteiger partial charge in [-0.05, 0) is 13.0 Å². The maximum Gasteiger partial charge on any atom is 0.203 e. The van der Waals surface area contributed by atoms with Gasteiger partial charge in [0.2, 0.25) is 5.95 Å². The van der Waals surface area contributed by atoms with Crippen molar-refractivity contribution < 1.29 is 0 Å². The summed E-state index contributed by atoms with van der Waals surface area (Å²) in [5.74, 6) is 0.871. The fourth-order valence-corrected chi connectivity index (χ4v) is 1.32. The van der Waals surface area contributed by atoms with Crippen molar-refractivity contribution in [1.82, 2.24) is 19.5 Å². The highest BCUT2D eigenvalue weighted by Crippen LogP contribution is 2.05. The molecule has 0 saturated heterocycles. The van der Waals surface area contributed by atoms with Crippen LogP contribution in [-0.2, 0) is 13.1 Å². The average molecular weight is 203 g/mol. The molecule has 0 bridgehead atoms. The zero-order chi connectivity index (χ0) is 10.5. The van der Waals surface area contributed by atoms with Crippen LogP contribution < -0.4 is 5.32 Å². The summed E-state index contributed by atoms with van der Waals surface area (Å²) in [5, 5.41) is 3.22. The average Bonchev–Trinajstić information content (AvgIpc) is 2.75. The predicted molar refractivity (Wildman–Crippen MR) is 57.3 cm³/mol. The smallest absolute Gasteiger partial charge is 0.203 e. The topological polar surface area (TPSA) is 55.6 Å². The largest absolute Gasteiger partial charge is 0.350 e. The Morgan fingerprint density at radius 2 is 2.27 bits per heavy atom. The minimum absolute atomic E-state index is 0.666. The van der Waals surface area contributed by atoms with Crippen molar-refractivity contribution in [3.8, 4) is 0 Å². The standard InChI is InChI=1S/C10H13N5/c1-2-15-6-5-12-10(15)13-7-9-3-4-11-8-14-9/h3-6,8H,2,7H2,1H3,(H,12,13). The van der Waals surface area contributed by atoms with Crippen LogP contribution in [-0.4, -0.2) is 19.5 Å². The molecule has 2 heterocycles. The lowest BCUT2D eigenvalue weighted by atomic mass is 10.4. The lowest BCUT2D eigenvalue weighted by molar-refractivity contribution is 0.761. The number of aromatic nitrogens is 4. The minimum atomic E-state index is 0.666. The molecule has 2 aromatic heterocycles. The number of nitrogens with one attached hydrogen (secondary N) is 1. The van der Waals surface area contributed by atoms with Gasteiger partial charge in [-0.3, -0.25) is 0 Å². The van der Waals surface area contributed by atoms with E-state index in [2.05, 4.69) is 27.2 Å². The van der Waals surface area contributed by atoms with E-state index < -0.39 is 0 Å². The Morgan fingerprint density at radius 1 is 1.33 bits per heavy atom. The molecule has 0 radical (unpaired) electrons. The first-order chi connectivity index (χ1) is 7.40. The first kappa shape index (κ1) is 9.64. The summed E-state index contributed by atoms with van der Waals surface area (Å²) in [4.78, 5) is 12.2. The molecule has 2 aromatic rings. The third kappa shape index (κ3) is 2.31. The fourth-order valence-electron chi connectivity index (χ4n) is 1.32. The summed E-state index contributed by atoms with van der Waals surface area (Å²) in [6, 6.07) is 1.88. The molecule has 0 unspecified atom stereocenters. The van der Waals surface area contributed by atoms with Crippen molar-refractivity contribution in [3.63, 3.8) is 0 Å². The Bertz CT molecular complexity index is 409. The molecule has 0 aliphatic carbocycles. The van der Waals surface area contributed by atoms with Gasteiger partial charge in [-0.15, -0.1) is 0 Å². The molecule has 15 heavy (non-hydrogen) atoms. The van der Waals surface area contributed by atoms with Crippen molar-refractivity contribution in [3.05, 3.63) is 36.7 Å². The highest BCUT2D eigenvalue weighted by molar-refractivity contribution is 5.26. The number of hydrogen-bond donors (Lipinski definition) is 1. The number of aryl methyl sites for hydroxylation is 1. The van der Waals surface area contributed by atoms with E-state index >= 15 is 0 Å². The third-order valence-corrected chi connectivity index (χ3v) is 2.13. The number of nitrogens with zero attached hydrogens (tertiary/aromatic N) is 4. The Labute approximate surface area is 88.2 Å². The molecule has 78 valence electrons. The van der Waals surface area contributed by atoms with Gasteiger partial charge in [-0.25, -0.2) is 15.0 Å². The fraction of sp³-hybridized carbons (Fsp3) is 0.300. The third-order valence-electron chi connectivity index (χ3n) is 2.13. The van der Waals surface area contributed by atoms with Crippen LogP contribution in [0.2, 0.25) is 0 Å². The number of imidazole rings is 1. The van der Waals surface area contributed by atoms with Gasteiger partial charge in [0, 0.05) is 25.1 Å². The van der Waals surface area contributed by atoms with E-state index in [1.807, 2.05) is 16.8 Å². The second-order valence-electron chi connectivity index (χ2n) is 3.09. The molecule has 5 nitrogen and oxygen atoms in total. The van der Waals surface area contributed by atoms with E-state index in [0.717, 1.165) is 18.2 Å². The van der Waals surface area contributed by atoms with Gasteiger partial charge in [-0.1, -0.05) is 0 Å². The first-order valence-corrected chi connectivity index (χ1v) is 4.90. The number of rotatable bonds is 4. The quantitative estimate of drug-likeness (QED) is 0.813. The highest BCUT2D eigenvalue weighted by Gasteiger charge is 2.00. The predicted octanol–water partition coefficient (Wildman–Crippen LogP) is 1.31. The van der Waals surface area contributed by atoms with Crippen molar-refractivity contribution in [2.75, 3.05) is 5.32 Å². The first-order valence-electron chi connectivity index (χ1n) is 4.90. The molecular formula is C10H13N5. The summed E-state index contributed by atoms with van der Waals surface area (Å²) in [7, 11) is 0. The van der Waals surface area contributed by atoms with Gasteiger partial charge in [0.1, 0.15) is 6.33 Å². The molecule has 0 aliphatic heterocycles. The van der Waals surface area contributed by atoms with Crippen LogP contribution in [0, 0.1) is 0 Å². The maximum absolute atomic E-state index is 4.21. The molecule has 0 fully saturated rings. The Morgan fingerprint density at radius 3 is 3.00 bits per heavy atom. The van der Waals surface area contributed by atoms with Crippen LogP contribution in [0.15, 0.2) is 31.0 Å². The summed E-state index contributed by atoms with van der Waals surface area (Å²) in [6.45, 7) is 3.66. The number of anilines is 1. The van der Waals surface area contributed by atoms with Gasteiger partial charge >= 0.3 is 0 Å². The monoisotopic (exact) mass is 203 g/mol. The SMILES string of the molecule is CCn1ccnc1NCc1ccncn1. The van der Waals surface area contributed by atoms with Crippen LogP contribution in [0.4, 0.5) is 5.95 Å². The molecule has 2 rings (SSSR count). The molecular weight excluding hydrogens is 190 g/mol. The lowest BCUT2D eigenvalue weighted by Crippen LogP contribution is -2.07. The van der Waals surface area contributed by atoms with Crippen LogP contribution >= 0.6 is 0 Å². The molecule has 0 saturated carbocycles. The number of hydrogen-bond acceptors (Lipinski definition) is 4. The second kappa shape index (κ2) is 4.54. The second-order valence-corrected chi connectivity index (χ2v) is 3.09. The van der Waals surface area contributed by atoms with Gasteiger partial charge in [0.25, 0.3) is 0 Å². The van der Waals surface area contributed by atoms with Crippen molar-refractivity contribution >= 4 is 5.95 Å². The zero-order valence-electron chi connectivity index (χ0n) is 8.59. The molecule has 0 spiro atoms. The molecule has 0 atom stereocenters. The lowest BCUT2D eigenvalue weighted by Gasteiger charge is -2.06. The van der Waals surface area contributed by atoms with Crippen LogP contribution in [0.3, 0.4) is 0 Å². The maximum atomic E-state index is 4.21. The van der Waals surface area contributed by atoms with E-state index in [1.165, 1.54) is 0 Å². The van der Waals surface area contributed by atoms with Crippen molar-refractivity contribution in [2.24, 2.45) is 0 Å². The van der Waals surface area contributed by atoms with Gasteiger partial charge < -0.3 is 9.88 Å². The van der Waals surface area contributed by atoms with Crippen LogP contribution in [0.25, 0.3) is 0 Å². The Hall–Kier alpha value is -1.91. The van der Waals surface area contributed by atoms with Crippen LogP contribution in [0.5, 0.6) is 0 Å². The van der Waals surface area contributed by atoms with Crippen molar-refractivity contribution in [2.45, 2.75) is 20.0 Å². The van der Waals surface area contributed by atoms with E-state index in [4.69, 9.17) is 0 Å². The molecule has 0 aromatic carbocycles. The summed E-state index contributed by atoms with van der Waals surface area (Å²) in [6.07, 6.45) is 7.01. The van der Waals surface area contributed by atoms with E-state index in [-0.39, 0.29) is 0 Å². The molecule has 1 N–H and O–H groups in total. The van der Waals surface area contributed by atoms with E-state index in [0.29, 0.717) is 6.54 Å². The molecule has 5 heteroatoms. The summed E-state index contributed by atoms with van der Waals surface area (Å²) < 4.78 is 2.04. The molecule has 0 aliphatic rings. The summed E-state index contributed by atoms with van der Waals surface area (Å²) in [5.41, 5.74) is 0.954. The van der Waals surface area contributed by atoms with E-state index in [1.54, 1.807) is 18.7 Å². The summed E-state index contributed by atoms with van der Waals surface area (Å²) >= 11 is 0.